The topological polar surface area (TPSA) is 104 Å². The summed E-state index contributed by atoms with van der Waals surface area (Å²) in [5, 5.41) is 15.4. The summed E-state index contributed by atoms with van der Waals surface area (Å²) in [5.74, 6) is 4.11. The minimum Gasteiger partial charge on any atom is -1.00 e. The number of carbonyl (C=O) groups is 3. The molecule has 0 aliphatic heterocycles. The molecule has 172 valence electrons. The number of aldehydes is 2. The second kappa shape index (κ2) is 24.3. The van der Waals surface area contributed by atoms with Crippen LogP contribution in [0.4, 0.5) is 8.78 Å². The van der Waals surface area contributed by atoms with Crippen molar-refractivity contribution in [2.24, 2.45) is 0 Å². The SMILES string of the molecule is C#Cc1ccc(C=O)c(F)c1.CO.C[Si](C)(C)C#Cc1ccc(C=O)c(F)c1.O=CO[O-].[H-].[K+].[K+]. The van der Waals surface area contributed by atoms with E-state index in [0.29, 0.717) is 23.7 Å². The van der Waals surface area contributed by atoms with Crippen LogP contribution in [0.2, 0.25) is 19.6 Å². The summed E-state index contributed by atoms with van der Waals surface area (Å²) in [6.45, 7) is 6.18. The van der Waals surface area contributed by atoms with Gasteiger partial charge in [0.1, 0.15) is 19.7 Å². The third-order valence-electron chi connectivity index (χ3n) is 3.04. The van der Waals surface area contributed by atoms with Crippen molar-refractivity contribution in [3.05, 3.63) is 70.3 Å². The van der Waals surface area contributed by atoms with Crippen molar-refractivity contribution in [2.75, 3.05) is 7.11 Å². The van der Waals surface area contributed by atoms with Crippen molar-refractivity contribution in [2.45, 2.75) is 19.6 Å². The maximum absolute atomic E-state index is 13.2. The van der Waals surface area contributed by atoms with Gasteiger partial charge >= 0.3 is 103 Å². The summed E-state index contributed by atoms with van der Waals surface area (Å²) < 4.78 is 25.9. The van der Waals surface area contributed by atoms with E-state index in [9.17, 15) is 18.4 Å². The van der Waals surface area contributed by atoms with Crippen LogP contribution >= 0.6 is 0 Å². The van der Waals surface area contributed by atoms with Crippen LogP contribution in [0.15, 0.2) is 36.4 Å². The first-order valence-electron chi connectivity index (χ1n) is 8.78. The summed E-state index contributed by atoms with van der Waals surface area (Å²) in [6.07, 6.45) is 5.96. The zero-order chi connectivity index (χ0) is 25.2. The predicted octanol–water partition coefficient (Wildman–Crippen LogP) is -3.35. The van der Waals surface area contributed by atoms with Crippen LogP contribution in [0.5, 0.6) is 0 Å². The second-order valence-electron chi connectivity index (χ2n) is 6.55. The van der Waals surface area contributed by atoms with Gasteiger partial charge in [0, 0.05) is 18.2 Å². The molecule has 2 aromatic rings. The molecule has 0 unspecified atom stereocenters. The second-order valence-corrected chi connectivity index (χ2v) is 11.3. The Labute approximate surface area is 286 Å². The van der Waals surface area contributed by atoms with E-state index in [0.717, 1.165) is 13.2 Å². The summed E-state index contributed by atoms with van der Waals surface area (Å²) >= 11 is 0. The van der Waals surface area contributed by atoms with Crippen LogP contribution in [0.3, 0.4) is 0 Å². The Morgan fingerprint density at radius 1 is 0.941 bits per heavy atom. The summed E-state index contributed by atoms with van der Waals surface area (Å²) in [7, 11) is -0.432. The van der Waals surface area contributed by atoms with E-state index < -0.39 is 19.7 Å². The van der Waals surface area contributed by atoms with E-state index in [2.05, 4.69) is 41.9 Å². The molecule has 0 bridgehead atoms. The Bertz CT molecular complexity index is 1000. The van der Waals surface area contributed by atoms with Gasteiger partial charge in [0.15, 0.2) is 12.6 Å². The number of halogens is 2. The average molecular weight is 541 g/mol. The Morgan fingerprint density at radius 3 is 1.62 bits per heavy atom. The quantitative estimate of drug-likeness (QED) is 0.144. The van der Waals surface area contributed by atoms with Gasteiger partial charge in [-0.3, -0.25) is 14.4 Å². The Morgan fingerprint density at radius 2 is 1.32 bits per heavy atom. The van der Waals surface area contributed by atoms with Crippen molar-refractivity contribution < 1.29 is 143 Å². The fourth-order valence-corrected chi connectivity index (χ4v) is 2.19. The minimum atomic E-state index is -1.43. The van der Waals surface area contributed by atoms with Gasteiger partial charge in [0.2, 0.25) is 0 Å². The number of rotatable bonds is 3. The minimum absolute atomic E-state index is 0. The van der Waals surface area contributed by atoms with Crippen molar-refractivity contribution in [3.8, 4) is 23.8 Å². The molecule has 2 rings (SSSR count). The third-order valence-corrected chi connectivity index (χ3v) is 3.92. The monoisotopic (exact) mass is 540 g/mol. The molecule has 2 aromatic carbocycles. The van der Waals surface area contributed by atoms with Gasteiger partial charge in [-0.25, -0.2) is 8.78 Å². The molecule has 0 aromatic heterocycles. The van der Waals surface area contributed by atoms with Crippen molar-refractivity contribution in [1.82, 2.24) is 0 Å². The fourth-order valence-electron chi connectivity index (χ4n) is 1.67. The third kappa shape index (κ3) is 19.9. The molecule has 0 fully saturated rings. The fraction of sp³-hybridized carbons (Fsp3) is 0.174. The summed E-state index contributed by atoms with van der Waals surface area (Å²) in [5.41, 5.74) is 4.31. The van der Waals surface area contributed by atoms with Crippen molar-refractivity contribution >= 4 is 27.1 Å². The molecular weight excluding hydrogens is 517 g/mol. The van der Waals surface area contributed by atoms with E-state index >= 15 is 0 Å². The molecule has 11 heteroatoms. The smallest absolute Gasteiger partial charge is 1.00 e. The van der Waals surface area contributed by atoms with Crippen LogP contribution in [0, 0.1) is 35.4 Å². The number of terminal acetylenes is 1. The van der Waals surface area contributed by atoms with E-state index in [1.54, 1.807) is 6.07 Å². The molecule has 0 radical (unpaired) electrons. The Kier molecular flexibility index (Phi) is 29.2. The molecule has 6 nitrogen and oxygen atoms in total. The van der Waals surface area contributed by atoms with Gasteiger partial charge in [-0.05, 0) is 36.4 Å². The number of hydrogen-bond acceptors (Lipinski definition) is 6. The number of aliphatic hydroxyl groups is 1. The van der Waals surface area contributed by atoms with Gasteiger partial charge in [0.05, 0.1) is 11.1 Å². The molecule has 34 heavy (non-hydrogen) atoms. The van der Waals surface area contributed by atoms with Crippen molar-refractivity contribution in [3.63, 3.8) is 0 Å². The number of carbonyl (C=O) groups excluding carboxylic acids is 3. The normalized spacial score (nSPS) is 8.21. The Hall–Kier alpha value is -0.360. The molecule has 0 amide bonds. The van der Waals surface area contributed by atoms with E-state index in [4.69, 9.17) is 21.6 Å². The molecule has 0 heterocycles. The standard InChI is InChI=1S/C12H13FOSi.C9H5FO.CH2O3.CH4O.2K.H/c1-15(2,3)7-6-10-4-5-11(9-14)12(13)8-10;1-2-7-3-4-8(6-11)9(10)5-7;2-1-4-3;1-2;;;/h4-5,8-9H,1-3H3;1,3-6H;1,3H;2H,1H3;;;/q;;;;2*+1;-1/p-1. The van der Waals surface area contributed by atoms with E-state index in [1.165, 1.54) is 24.3 Å². The van der Waals surface area contributed by atoms with Crippen LogP contribution < -0.4 is 108 Å². The first-order valence-corrected chi connectivity index (χ1v) is 12.3. The zero-order valence-corrected chi connectivity index (χ0v) is 27.3. The first kappa shape index (κ1) is 40.8. The number of aliphatic hydroxyl groups excluding tert-OH is 1. The Balaban J connectivity index is -0.000000134. The summed E-state index contributed by atoms with van der Waals surface area (Å²) in [6, 6.07) is 8.46. The largest absolute Gasteiger partial charge is 1.00 e. The maximum atomic E-state index is 13.2. The summed E-state index contributed by atoms with van der Waals surface area (Å²) in [4.78, 5) is 31.8. The van der Waals surface area contributed by atoms with Gasteiger partial charge < -0.3 is 16.7 Å². The molecule has 1 N–H and O–H groups in total. The number of hydrogen-bond donors (Lipinski definition) is 1. The molecule has 0 saturated carbocycles. The molecule has 0 atom stereocenters. The number of benzene rings is 2. The van der Waals surface area contributed by atoms with Crippen LogP contribution in [-0.2, 0) is 9.68 Å². The molecule has 0 saturated heterocycles. The molecule has 0 aliphatic carbocycles. The predicted molar refractivity (Wildman–Crippen MR) is 118 cm³/mol. The van der Waals surface area contributed by atoms with Crippen LogP contribution in [-0.4, -0.2) is 39.3 Å². The average Bonchev–Trinajstić information content (AvgIpc) is 2.79. The van der Waals surface area contributed by atoms with Crippen molar-refractivity contribution in [1.29, 1.82) is 0 Å². The molecular formula is C23H24F2K2O6Si. The van der Waals surface area contributed by atoms with Gasteiger partial charge in [0.25, 0.3) is 6.47 Å². The van der Waals surface area contributed by atoms with E-state index in [-0.39, 0.29) is 122 Å². The first-order chi connectivity index (χ1) is 15.1. The van der Waals surface area contributed by atoms with Gasteiger partial charge in [-0.1, -0.05) is 31.5 Å². The zero-order valence-electron chi connectivity index (χ0n) is 21.0. The maximum Gasteiger partial charge on any atom is 1.00 e. The van der Waals surface area contributed by atoms with E-state index in [1.807, 2.05) is 0 Å². The molecule has 0 spiro atoms. The van der Waals surface area contributed by atoms with Crippen LogP contribution in [0.1, 0.15) is 33.3 Å². The van der Waals surface area contributed by atoms with Crippen LogP contribution in [0.25, 0.3) is 0 Å². The van der Waals surface area contributed by atoms with Gasteiger partial charge in [-0.2, -0.15) is 0 Å². The molecule has 0 aliphatic rings. The van der Waals surface area contributed by atoms with Gasteiger partial charge in [-0.15, -0.1) is 12.0 Å².